The van der Waals surface area contributed by atoms with Gasteiger partial charge in [-0.2, -0.15) is 0 Å². The molecule has 1 aromatic heterocycles. The van der Waals surface area contributed by atoms with Crippen LogP contribution in [0, 0.1) is 6.92 Å². The predicted molar refractivity (Wildman–Crippen MR) is 118 cm³/mol. The largest absolute Gasteiger partial charge is 0.381 e. The van der Waals surface area contributed by atoms with Crippen LogP contribution in [0.5, 0.6) is 0 Å². The molecule has 0 saturated carbocycles. The van der Waals surface area contributed by atoms with Gasteiger partial charge in [0.15, 0.2) is 15.8 Å². The lowest BCUT2D eigenvalue weighted by molar-refractivity contribution is 0.0768. The van der Waals surface area contributed by atoms with Gasteiger partial charge in [-0.15, -0.1) is 0 Å². The Morgan fingerprint density at radius 2 is 1.97 bits per heavy atom. The second-order valence-electron chi connectivity index (χ2n) is 7.71. The molecule has 0 bridgehead atoms. The zero-order valence-electron chi connectivity index (χ0n) is 17.5. The van der Waals surface area contributed by atoms with E-state index in [9.17, 15) is 8.42 Å². The average Bonchev–Trinajstić information content (AvgIpc) is 3.01. The highest BCUT2D eigenvalue weighted by Gasteiger charge is 2.42. The van der Waals surface area contributed by atoms with Gasteiger partial charge in [0, 0.05) is 49.2 Å². The second-order valence-corrected chi connectivity index (χ2v) is 10.1. The van der Waals surface area contributed by atoms with Crippen molar-refractivity contribution in [3.8, 4) is 0 Å². The summed E-state index contributed by atoms with van der Waals surface area (Å²) in [5.41, 5.74) is 3.62. The van der Waals surface area contributed by atoms with Crippen LogP contribution in [0.2, 0.25) is 0 Å². The SMILES string of the molecule is CCNC(=NCC1(S(C)(=O)=O)CCOCC1)NCCc1c(C)[nH]c2ccccc12. The van der Waals surface area contributed by atoms with Crippen LogP contribution < -0.4 is 10.6 Å². The molecule has 0 spiro atoms. The first-order valence-electron chi connectivity index (χ1n) is 10.2. The second kappa shape index (κ2) is 9.17. The van der Waals surface area contributed by atoms with Crippen molar-refractivity contribution in [2.75, 3.05) is 39.1 Å². The molecular weight excluding hydrogens is 388 g/mol. The van der Waals surface area contributed by atoms with Crippen molar-refractivity contribution >= 4 is 26.7 Å². The number of aromatic nitrogens is 1. The minimum atomic E-state index is -3.23. The van der Waals surface area contributed by atoms with Crippen molar-refractivity contribution in [1.82, 2.24) is 15.6 Å². The minimum absolute atomic E-state index is 0.247. The first-order chi connectivity index (χ1) is 13.9. The summed E-state index contributed by atoms with van der Waals surface area (Å²) in [6, 6.07) is 8.30. The zero-order valence-corrected chi connectivity index (χ0v) is 18.4. The maximum absolute atomic E-state index is 12.4. The number of nitrogens with one attached hydrogen (secondary N) is 3. The topological polar surface area (TPSA) is 95.6 Å². The van der Waals surface area contributed by atoms with E-state index in [1.807, 2.05) is 13.0 Å². The number of hydrogen-bond donors (Lipinski definition) is 3. The fourth-order valence-corrected chi connectivity index (χ4v) is 5.12. The maximum Gasteiger partial charge on any atom is 0.191 e. The molecule has 2 heterocycles. The lowest BCUT2D eigenvalue weighted by Crippen LogP contribution is -2.47. The normalized spacial score (nSPS) is 17.4. The van der Waals surface area contributed by atoms with Gasteiger partial charge >= 0.3 is 0 Å². The third-order valence-electron chi connectivity index (χ3n) is 5.75. The monoisotopic (exact) mass is 420 g/mol. The predicted octanol–water partition coefficient (Wildman–Crippen LogP) is 2.17. The molecule has 29 heavy (non-hydrogen) atoms. The van der Waals surface area contributed by atoms with E-state index in [4.69, 9.17) is 4.74 Å². The number of ether oxygens (including phenoxy) is 1. The number of nitrogens with zero attached hydrogens (tertiary/aromatic N) is 1. The molecule has 2 aromatic rings. The standard InChI is InChI=1S/C21H32N4O3S/c1-4-22-20(24-15-21(29(3,26)27)10-13-28-14-11-21)23-12-9-17-16(2)25-19-8-6-5-7-18(17)19/h5-8,25H,4,9-15H2,1-3H3,(H2,22,23,24). The van der Waals surface area contributed by atoms with E-state index in [-0.39, 0.29) is 6.54 Å². The molecule has 3 rings (SSSR count). The molecule has 1 aliphatic heterocycles. The van der Waals surface area contributed by atoms with E-state index in [0.29, 0.717) is 45.1 Å². The van der Waals surface area contributed by atoms with Gasteiger partial charge in [-0.1, -0.05) is 18.2 Å². The van der Waals surface area contributed by atoms with Gasteiger partial charge < -0.3 is 20.4 Å². The number of aryl methyl sites for hydroxylation is 1. The number of fused-ring (bicyclic) bond motifs is 1. The smallest absolute Gasteiger partial charge is 0.191 e. The van der Waals surface area contributed by atoms with Gasteiger partial charge in [-0.25, -0.2) is 8.42 Å². The number of sulfone groups is 1. The molecule has 3 N–H and O–H groups in total. The Kier molecular flexibility index (Phi) is 6.85. The van der Waals surface area contributed by atoms with Crippen molar-refractivity contribution in [2.24, 2.45) is 4.99 Å². The van der Waals surface area contributed by atoms with Crippen LogP contribution in [-0.4, -0.2) is 63.2 Å². The molecule has 0 unspecified atom stereocenters. The van der Waals surface area contributed by atoms with E-state index < -0.39 is 14.6 Å². The number of aromatic amines is 1. The molecule has 1 aliphatic rings. The van der Waals surface area contributed by atoms with Gasteiger partial charge in [-0.3, -0.25) is 4.99 Å². The van der Waals surface area contributed by atoms with Crippen molar-refractivity contribution < 1.29 is 13.2 Å². The molecule has 1 aromatic carbocycles. The summed E-state index contributed by atoms with van der Waals surface area (Å²) < 4.78 is 29.4. The number of H-pyrrole nitrogens is 1. The van der Waals surface area contributed by atoms with Crippen molar-refractivity contribution in [2.45, 2.75) is 37.9 Å². The van der Waals surface area contributed by atoms with Crippen molar-refractivity contribution in [3.05, 3.63) is 35.5 Å². The molecule has 1 saturated heterocycles. The molecular formula is C21H32N4O3S. The van der Waals surface area contributed by atoms with Crippen LogP contribution in [0.25, 0.3) is 10.9 Å². The summed E-state index contributed by atoms with van der Waals surface area (Å²) >= 11 is 0. The summed E-state index contributed by atoms with van der Waals surface area (Å²) in [6.45, 7) is 6.70. The van der Waals surface area contributed by atoms with Gasteiger partial charge in [0.2, 0.25) is 0 Å². The summed E-state index contributed by atoms with van der Waals surface area (Å²) in [7, 11) is -3.23. The fourth-order valence-electron chi connectivity index (χ4n) is 3.92. The highest BCUT2D eigenvalue weighted by atomic mass is 32.2. The summed E-state index contributed by atoms with van der Waals surface area (Å²) in [6.07, 6.45) is 3.14. The average molecular weight is 421 g/mol. The summed E-state index contributed by atoms with van der Waals surface area (Å²) in [5, 5.41) is 7.83. The van der Waals surface area contributed by atoms with Crippen LogP contribution in [-0.2, 0) is 21.0 Å². The zero-order chi connectivity index (χ0) is 20.9. The van der Waals surface area contributed by atoms with E-state index >= 15 is 0 Å². The quantitative estimate of drug-likeness (QED) is 0.471. The van der Waals surface area contributed by atoms with E-state index in [0.717, 1.165) is 11.9 Å². The van der Waals surface area contributed by atoms with Gasteiger partial charge in [-0.05, 0) is 44.7 Å². The third-order valence-corrected chi connectivity index (χ3v) is 7.87. The highest BCUT2D eigenvalue weighted by Crippen LogP contribution is 2.29. The van der Waals surface area contributed by atoms with E-state index in [1.165, 1.54) is 22.9 Å². The number of rotatable bonds is 7. The lowest BCUT2D eigenvalue weighted by Gasteiger charge is -2.34. The number of aliphatic imine (C=N–C) groups is 1. The molecule has 8 heteroatoms. The van der Waals surface area contributed by atoms with Crippen LogP contribution in [0.1, 0.15) is 31.0 Å². The first kappa shape index (κ1) is 21.6. The minimum Gasteiger partial charge on any atom is -0.381 e. The van der Waals surface area contributed by atoms with Crippen LogP contribution in [0.3, 0.4) is 0 Å². The van der Waals surface area contributed by atoms with Crippen molar-refractivity contribution in [3.63, 3.8) is 0 Å². The number of guanidine groups is 1. The Morgan fingerprint density at radius 3 is 2.66 bits per heavy atom. The first-order valence-corrected chi connectivity index (χ1v) is 12.1. The Hall–Kier alpha value is -2.06. The van der Waals surface area contributed by atoms with Crippen LogP contribution >= 0.6 is 0 Å². The van der Waals surface area contributed by atoms with Crippen molar-refractivity contribution in [1.29, 1.82) is 0 Å². The fraction of sp³-hybridized carbons (Fsp3) is 0.571. The van der Waals surface area contributed by atoms with Gasteiger partial charge in [0.25, 0.3) is 0 Å². The molecule has 0 radical (unpaired) electrons. The van der Waals surface area contributed by atoms with E-state index in [2.05, 4.69) is 45.7 Å². The molecule has 160 valence electrons. The summed E-state index contributed by atoms with van der Waals surface area (Å²) in [5.74, 6) is 0.652. The molecule has 1 fully saturated rings. The Morgan fingerprint density at radius 1 is 1.24 bits per heavy atom. The number of hydrogen-bond acceptors (Lipinski definition) is 4. The molecule has 0 amide bonds. The molecule has 0 atom stereocenters. The Labute approximate surface area is 173 Å². The third kappa shape index (κ3) is 4.93. The maximum atomic E-state index is 12.4. The van der Waals surface area contributed by atoms with E-state index in [1.54, 1.807) is 0 Å². The Balaban J connectivity index is 1.68. The number of benzene rings is 1. The lowest BCUT2D eigenvalue weighted by atomic mass is 9.99. The molecule has 0 aliphatic carbocycles. The molecule has 7 nitrogen and oxygen atoms in total. The van der Waals surface area contributed by atoms with Gasteiger partial charge in [0.05, 0.1) is 11.3 Å². The van der Waals surface area contributed by atoms with Gasteiger partial charge in [0.1, 0.15) is 0 Å². The highest BCUT2D eigenvalue weighted by molar-refractivity contribution is 7.92. The van der Waals surface area contributed by atoms with Crippen LogP contribution in [0.4, 0.5) is 0 Å². The Bertz CT molecular complexity index is 959. The number of para-hydroxylation sites is 1. The summed E-state index contributed by atoms with van der Waals surface area (Å²) in [4.78, 5) is 8.06. The van der Waals surface area contributed by atoms with Crippen LogP contribution in [0.15, 0.2) is 29.3 Å².